The molecule has 1 atom stereocenters. The Bertz CT molecular complexity index is 602. The Morgan fingerprint density at radius 1 is 0.950 bits per heavy atom. The van der Waals surface area contributed by atoms with Crippen LogP contribution in [0.3, 0.4) is 0 Å². The highest BCUT2D eigenvalue weighted by atomic mass is 16.6. The molecule has 102 valence electrons. The lowest BCUT2D eigenvalue weighted by Crippen LogP contribution is -2.34. The molecule has 0 saturated carbocycles. The molecular formula is C18H19NO. The molecule has 1 heterocycles. The summed E-state index contributed by atoms with van der Waals surface area (Å²) in [4.78, 5) is 5.73. The monoisotopic (exact) mass is 265 g/mol. The Kier molecular flexibility index (Phi) is 3.31. The summed E-state index contributed by atoms with van der Waals surface area (Å²) in [5, 5.41) is 4.35. The third-order valence-electron chi connectivity index (χ3n) is 4.00. The first kappa shape index (κ1) is 12.9. The highest BCUT2D eigenvalue weighted by Crippen LogP contribution is 2.36. The molecule has 2 aromatic rings. The fourth-order valence-corrected chi connectivity index (χ4v) is 2.66. The van der Waals surface area contributed by atoms with Gasteiger partial charge in [0.15, 0.2) is 0 Å². The van der Waals surface area contributed by atoms with Crippen molar-refractivity contribution in [3.05, 3.63) is 71.8 Å². The van der Waals surface area contributed by atoms with Gasteiger partial charge in [0.2, 0.25) is 0 Å². The van der Waals surface area contributed by atoms with Crippen molar-refractivity contribution in [2.24, 2.45) is 10.6 Å². The van der Waals surface area contributed by atoms with E-state index < -0.39 is 0 Å². The lowest BCUT2D eigenvalue weighted by Gasteiger charge is -2.26. The maximum Gasteiger partial charge on any atom is 0.142 e. The van der Waals surface area contributed by atoms with E-state index in [1.165, 1.54) is 5.56 Å². The fourth-order valence-electron chi connectivity index (χ4n) is 2.66. The zero-order valence-electron chi connectivity index (χ0n) is 11.9. The van der Waals surface area contributed by atoms with E-state index in [0.717, 1.165) is 17.7 Å². The van der Waals surface area contributed by atoms with E-state index in [2.05, 4.69) is 55.4 Å². The third kappa shape index (κ3) is 2.34. The predicted octanol–water partition coefficient (Wildman–Crippen LogP) is 4.06. The second kappa shape index (κ2) is 5.12. The molecule has 0 bridgehead atoms. The van der Waals surface area contributed by atoms with Gasteiger partial charge in [0.25, 0.3) is 0 Å². The third-order valence-corrected chi connectivity index (χ3v) is 4.00. The van der Waals surface area contributed by atoms with Crippen LogP contribution in [-0.4, -0.2) is 11.8 Å². The van der Waals surface area contributed by atoms with Crippen LogP contribution in [0.25, 0.3) is 0 Å². The Morgan fingerprint density at radius 2 is 1.55 bits per heavy atom. The van der Waals surface area contributed by atoms with Crippen LogP contribution in [0.4, 0.5) is 0 Å². The molecule has 0 N–H and O–H groups in total. The van der Waals surface area contributed by atoms with Gasteiger partial charge in [-0.25, -0.2) is 0 Å². The molecule has 2 aromatic carbocycles. The lowest BCUT2D eigenvalue weighted by molar-refractivity contribution is 0.0371. The molecule has 1 aliphatic heterocycles. The second-order valence-electron chi connectivity index (χ2n) is 5.81. The molecule has 0 aliphatic carbocycles. The van der Waals surface area contributed by atoms with Crippen LogP contribution in [0.2, 0.25) is 0 Å². The molecule has 0 radical (unpaired) electrons. The fraction of sp³-hybridized carbons (Fsp3) is 0.278. The molecule has 3 rings (SSSR count). The van der Waals surface area contributed by atoms with Crippen LogP contribution < -0.4 is 0 Å². The lowest BCUT2D eigenvalue weighted by atomic mass is 9.77. The molecule has 1 aliphatic rings. The summed E-state index contributed by atoms with van der Waals surface area (Å²) in [6.45, 7) is 4.42. The van der Waals surface area contributed by atoms with Crippen LogP contribution in [0.15, 0.2) is 65.8 Å². The Labute approximate surface area is 120 Å². The van der Waals surface area contributed by atoms with E-state index in [9.17, 15) is 0 Å². The Morgan fingerprint density at radius 3 is 2.20 bits per heavy atom. The van der Waals surface area contributed by atoms with Crippen molar-refractivity contribution in [1.29, 1.82) is 0 Å². The number of oxime groups is 1. The molecule has 0 amide bonds. The average molecular weight is 265 g/mol. The van der Waals surface area contributed by atoms with Gasteiger partial charge in [0.05, 0.1) is 11.1 Å². The van der Waals surface area contributed by atoms with Crippen LogP contribution in [0.1, 0.15) is 25.0 Å². The summed E-state index contributed by atoms with van der Waals surface area (Å²) >= 11 is 0. The van der Waals surface area contributed by atoms with Crippen LogP contribution in [0, 0.1) is 5.41 Å². The summed E-state index contributed by atoms with van der Waals surface area (Å²) in [6.07, 6.45) is 0.966. The largest absolute Gasteiger partial charge is 0.391 e. The van der Waals surface area contributed by atoms with E-state index in [-0.39, 0.29) is 11.5 Å². The van der Waals surface area contributed by atoms with Crippen LogP contribution >= 0.6 is 0 Å². The first-order valence-corrected chi connectivity index (χ1v) is 7.01. The van der Waals surface area contributed by atoms with Gasteiger partial charge in [-0.05, 0) is 11.1 Å². The Balaban J connectivity index is 1.82. The van der Waals surface area contributed by atoms with Gasteiger partial charge in [-0.1, -0.05) is 79.7 Å². The SMILES string of the molecule is CC1(C)C(c2ccccc2)=NOC1Cc1ccccc1. The minimum Gasteiger partial charge on any atom is -0.391 e. The van der Waals surface area contributed by atoms with E-state index in [4.69, 9.17) is 4.84 Å². The predicted molar refractivity (Wildman–Crippen MR) is 81.8 cm³/mol. The van der Waals surface area contributed by atoms with Gasteiger partial charge < -0.3 is 4.84 Å². The minimum atomic E-state index is -0.0861. The number of hydrogen-bond acceptors (Lipinski definition) is 2. The minimum absolute atomic E-state index is 0.0834. The van der Waals surface area contributed by atoms with Gasteiger partial charge in [-0.3, -0.25) is 0 Å². The normalized spacial score (nSPS) is 20.3. The smallest absolute Gasteiger partial charge is 0.142 e. The molecule has 2 heteroatoms. The van der Waals surface area contributed by atoms with Crippen molar-refractivity contribution in [1.82, 2.24) is 0 Å². The molecular weight excluding hydrogens is 246 g/mol. The van der Waals surface area contributed by atoms with Gasteiger partial charge in [0.1, 0.15) is 6.10 Å². The van der Waals surface area contributed by atoms with Crippen molar-refractivity contribution < 1.29 is 4.84 Å². The average Bonchev–Trinajstić information content (AvgIpc) is 2.76. The zero-order chi connectivity index (χ0) is 14.0. The molecule has 0 saturated heterocycles. The van der Waals surface area contributed by atoms with Crippen molar-refractivity contribution in [2.45, 2.75) is 26.4 Å². The summed E-state index contributed by atoms with van der Waals surface area (Å²) in [5.74, 6) is 0. The highest BCUT2D eigenvalue weighted by Gasteiger charge is 2.42. The first-order valence-electron chi connectivity index (χ1n) is 7.01. The number of hydrogen-bond donors (Lipinski definition) is 0. The number of rotatable bonds is 3. The van der Waals surface area contributed by atoms with Crippen LogP contribution in [0.5, 0.6) is 0 Å². The molecule has 20 heavy (non-hydrogen) atoms. The van der Waals surface area contributed by atoms with Crippen molar-refractivity contribution in [3.63, 3.8) is 0 Å². The molecule has 0 spiro atoms. The summed E-state index contributed by atoms with van der Waals surface area (Å²) in [7, 11) is 0. The van der Waals surface area contributed by atoms with Crippen molar-refractivity contribution >= 4 is 5.71 Å². The quantitative estimate of drug-likeness (QED) is 0.820. The maximum atomic E-state index is 5.73. The molecule has 2 nitrogen and oxygen atoms in total. The zero-order valence-corrected chi connectivity index (χ0v) is 11.9. The summed E-state index contributed by atoms with van der Waals surface area (Å²) in [6, 6.07) is 20.7. The topological polar surface area (TPSA) is 21.6 Å². The number of benzene rings is 2. The van der Waals surface area contributed by atoms with Gasteiger partial charge in [-0.2, -0.15) is 0 Å². The van der Waals surface area contributed by atoms with E-state index in [0.29, 0.717) is 0 Å². The number of nitrogens with zero attached hydrogens (tertiary/aromatic N) is 1. The van der Waals surface area contributed by atoms with E-state index in [1.807, 2.05) is 24.3 Å². The standard InChI is InChI=1S/C18H19NO/c1-18(2)16(13-14-9-5-3-6-10-14)20-19-17(18)15-11-7-4-8-12-15/h3-12,16H,13H2,1-2H3. The van der Waals surface area contributed by atoms with Gasteiger partial charge in [0, 0.05) is 6.42 Å². The summed E-state index contributed by atoms with van der Waals surface area (Å²) < 4.78 is 0. The Hall–Kier alpha value is -2.09. The highest BCUT2D eigenvalue weighted by molar-refractivity contribution is 6.05. The van der Waals surface area contributed by atoms with Gasteiger partial charge >= 0.3 is 0 Å². The van der Waals surface area contributed by atoms with E-state index in [1.54, 1.807) is 0 Å². The van der Waals surface area contributed by atoms with E-state index >= 15 is 0 Å². The molecule has 0 fully saturated rings. The van der Waals surface area contributed by atoms with Gasteiger partial charge in [-0.15, -0.1) is 0 Å². The van der Waals surface area contributed by atoms with Crippen LogP contribution in [-0.2, 0) is 11.3 Å². The second-order valence-corrected chi connectivity index (χ2v) is 5.81. The summed E-state index contributed by atoms with van der Waals surface area (Å²) in [5.41, 5.74) is 3.39. The maximum absolute atomic E-state index is 5.73. The van der Waals surface area contributed by atoms with Crippen molar-refractivity contribution in [3.8, 4) is 0 Å². The first-order chi connectivity index (χ1) is 9.68. The molecule has 1 unspecified atom stereocenters. The van der Waals surface area contributed by atoms with Crippen molar-refractivity contribution in [2.75, 3.05) is 0 Å². The molecule has 0 aromatic heterocycles.